The van der Waals surface area contributed by atoms with E-state index in [1.165, 1.54) is 44.9 Å². The Morgan fingerprint density at radius 1 is 1.12 bits per heavy atom. The number of hydrogen-bond donors (Lipinski definition) is 0. The van der Waals surface area contributed by atoms with Crippen molar-refractivity contribution < 1.29 is 0 Å². The maximum atomic E-state index is 3.93. The molecule has 1 unspecified atom stereocenters. The average molecular weight is 234 g/mol. The Morgan fingerprint density at radius 2 is 1.88 bits per heavy atom. The summed E-state index contributed by atoms with van der Waals surface area (Å²) in [7, 11) is 0. The van der Waals surface area contributed by atoms with Crippen molar-refractivity contribution in [2.45, 2.75) is 65.2 Å². The molecule has 0 saturated heterocycles. The Morgan fingerprint density at radius 3 is 2.41 bits per heavy atom. The van der Waals surface area contributed by atoms with E-state index < -0.39 is 0 Å². The van der Waals surface area contributed by atoms with Gasteiger partial charge >= 0.3 is 0 Å². The highest BCUT2D eigenvalue weighted by Crippen LogP contribution is 2.21. The molecule has 17 heavy (non-hydrogen) atoms. The van der Waals surface area contributed by atoms with Gasteiger partial charge in [0.05, 0.1) is 0 Å². The number of unbranched alkanes of at least 4 members (excludes halogenated alkanes) is 3. The summed E-state index contributed by atoms with van der Waals surface area (Å²) >= 11 is 0. The molecular formula is C17H30. The standard InChI is InChI=1S/C17H30/c1-5-9-11-13-17(14-12-10-6-2)15-16(7-3)8-4/h5,7,14,16H,1,3,6,8-13,15H2,2,4H3. The summed E-state index contributed by atoms with van der Waals surface area (Å²) in [6, 6.07) is 0. The van der Waals surface area contributed by atoms with E-state index in [2.05, 4.69) is 39.2 Å². The van der Waals surface area contributed by atoms with Gasteiger partial charge in [0, 0.05) is 0 Å². The second-order valence-electron chi connectivity index (χ2n) is 4.79. The largest absolute Gasteiger partial charge is 0.103 e. The van der Waals surface area contributed by atoms with Gasteiger partial charge in [-0.05, 0) is 44.4 Å². The third-order valence-corrected chi connectivity index (χ3v) is 3.28. The fourth-order valence-electron chi connectivity index (χ4n) is 2.00. The predicted octanol–water partition coefficient (Wildman–Crippen LogP) is 6.06. The molecule has 0 N–H and O–H groups in total. The van der Waals surface area contributed by atoms with Crippen molar-refractivity contribution in [3.63, 3.8) is 0 Å². The first-order valence-corrected chi connectivity index (χ1v) is 7.19. The summed E-state index contributed by atoms with van der Waals surface area (Å²) in [5.41, 5.74) is 1.63. The van der Waals surface area contributed by atoms with Crippen molar-refractivity contribution in [2.24, 2.45) is 5.92 Å². The van der Waals surface area contributed by atoms with Crippen LogP contribution in [0.4, 0.5) is 0 Å². The highest BCUT2D eigenvalue weighted by Gasteiger charge is 2.05. The lowest BCUT2D eigenvalue weighted by Crippen LogP contribution is -1.97. The molecule has 0 aromatic rings. The molecule has 0 bridgehead atoms. The summed E-state index contributed by atoms with van der Waals surface area (Å²) < 4.78 is 0. The van der Waals surface area contributed by atoms with Crippen molar-refractivity contribution in [3.05, 3.63) is 37.0 Å². The van der Waals surface area contributed by atoms with Gasteiger partial charge in [-0.2, -0.15) is 0 Å². The molecule has 0 aliphatic heterocycles. The molecule has 0 heteroatoms. The molecule has 0 aliphatic rings. The molecule has 0 fully saturated rings. The van der Waals surface area contributed by atoms with Gasteiger partial charge in [0.1, 0.15) is 0 Å². The first-order valence-electron chi connectivity index (χ1n) is 7.19. The zero-order valence-corrected chi connectivity index (χ0v) is 11.9. The van der Waals surface area contributed by atoms with Crippen molar-refractivity contribution in [3.8, 4) is 0 Å². The molecule has 0 nitrogen and oxygen atoms in total. The van der Waals surface area contributed by atoms with Crippen molar-refractivity contribution >= 4 is 0 Å². The fraction of sp³-hybridized carbons (Fsp3) is 0.647. The quantitative estimate of drug-likeness (QED) is 0.301. The fourth-order valence-corrected chi connectivity index (χ4v) is 2.00. The molecule has 0 aliphatic carbocycles. The molecule has 0 rings (SSSR count). The summed E-state index contributed by atoms with van der Waals surface area (Å²) in [6.45, 7) is 12.2. The molecular weight excluding hydrogens is 204 g/mol. The SMILES string of the molecule is C=CCCCC(=CCCCC)CC(C=C)CC. The van der Waals surface area contributed by atoms with Crippen LogP contribution in [0.5, 0.6) is 0 Å². The van der Waals surface area contributed by atoms with E-state index in [9.17, 15) is 0 Å². The first-order chi connectivity index (χ1) is 8.28. The van der Waals surface area contributed by atoms with Crippen LogP contribution in [0, 0.1) is 5.92 Å². The van der Waals surface area contributed by atoms with Crippen LogP contribution in [0.3, 0.4) is 0 Å². The normalized spacial score (nSPS) is 13.4. The zero-order valence-electron chi connectivity index (χ0n) is 11.9. The molecule has 1 atom stereocenters. The second-order valence-corrected chi connectivity index (χ2v) is 4.79. The topological polar surface area (TPSA) is 0 Å². The van der Waals surface area contributed by atoms with Crippen LogP contribution in [-0.2, 0) is 0 Å². The van der Waals surface area contributed by atoms with Crippen LogP contribution in [0.1, 0.15) is 65.2 Å². The van der Waals surface area contributed by atoms with Crippen LogP contribution in [0.15, 0.2) is 37.0 Å². The molecule has 0 amide bonds. The summed E-state index contributed by atoms with van der Waals surface area (Å²) in [5.74, 6) is 0.659. The summed E-state index contributed by atoms with van der Waals surface area (Å²) in [6.07, 6.45) is 16.5. The van der Waals surface area contributed by atoms with E-state index in [-0.39, 0.29) is 0 Å². The number of hydrogen-bond acceptors (Lipinski definition) is 0. The van der Waals surface area contributed by atoms with Gasteiger partial charge in [-0.25, -0.2) is 0 Å². The van der Waals surface area contributed by atoms with Crippen LogP contribution in [0.25, 0.3) is 0 Å². The first kappa shape index (κ1) is 16.2. The van der Waals surface area contributed by atoms with E-state index in [1.54, 1.807) is 5.57 Å². The Bertz CT molecular complexity index is 222. The van der Waals surface area contributed by atoms with Crippen LogP contribution < -0.4 is 0 Å². The lowest BCUT2D eigenvalue weighted by molar-refractivity contribution is 0.598. The third-order valence-electron chi connectivity index (χ3n) is 3.28. The Kier molecular flexibility index (Phi) is 11.2. The summed E-state index contributed by atoms with van der Waals surface area (Å²) in [4.78, 5) is 0. The van der Waals surface area contributed by atoms with E-state index in [0.29, 0.717) is 5.92 Å². The minimum absolute atomic E-state index is 0.659. The average Bonchev–Trinajstić information content (AvgIpc) is 2.35. The van der Waals surface area contributed by atoms with Gasteiger partial charge < -0.3 is 0 Å². The molecule has 0 aromatic heterocycles. The van der Waals surface area contributed by atoms with Crippen LogP contribution in [-0.4, -0.2) is 0 Å². The maximum absolute atomic E-state index is 3.93. The van der Waals surface area contributed by atoms with Crippen molar-refractivity contribution in [1.29, 1.82) is 0 Å². The van der Waals surface area contributed by atoms with Gasteiger partial charge in [0.25, 0.3) is 0 Å². The monoisotopic (exact) mass is 234 g/mol. The Balaban J connectivity index is 4.21. The highest BCUT2D eigenvalue weighted by molar-refractivity contribution is 5.05. The highest BCUT2D eigenvalue weighted by atomic mass is 14.1. The molecule has 0 heterocycles. The van der Waals surface area contributed by atoms with Crippen molar-refractivity contribution in [1.82, 2.24) is 0 Å². The van der Waals surface area contributed by atoms with E-state index >= 15 is 0 Å². The predicted molar refractivity (Wildman–Crippen MR) is 80.3 cm³/mol. The summed E-state index contributed by atoms with van der Waals surface area (Å²) in [5, 5.41) is 0. The van der Waals surface area contributed by atoms with Crippen LogP contribution in [0.2, 0.25) is 0 Å². The Labute approximate surface area is 109 Å². The lowest BCUT2D eigenvalue weighted by Gasteiger charge is -2.13. The smallest absolute Gasteiger partial charge is 0.0202 e. The molecule has 0 spiro atoms. The minimum Gasteiger partial charge on any atom is -0.103 e. The Hall–Kier alpha value is -0.780. The van der Waals surface area contributed by atoms with Crippen molar-refractivity contribution in [2.75, 3.05) is 0 Å². The van der Waals surface area contributed by atoms with Gasteiger partial charge in [0.2, 0.25) is 0 Å². The molecule has 0 aromatic carbocycles. The third kappa shape index (κ3) is 8.97. The second kappa shape index (κ2) is 11.7. The minimum atomic E-state index is 0.659. The van der Waals surface area contributed by atoms with E-state index in [1.807, 2.05) is 6.08 Å². The number of rotatable bonds is 11. The number of allylic oxidation sites excluding steroid dienone is 4. The van der Waals surface area contributed by atoms with Crippen LogP contribution >= 0.6 is 0 Å². The van der Waals surface area contributed by atoms with E-state index in [0.717, 1.165) is 6.42 Å². The van der Waals surface area contributed by atoms with Gasteiger partial charge in [-0.1, -0.05) is 50.5 Å². The van der Waals surface area contributed by atoms with Gasteiger partial charge in [-0.3, -0.25) is 0 Å². The van der Waals surface area contributed by atoms with Gasteiger partial charge in [-0.15, -0.1) is 13.2 Å². The molecule has 98 valence electrons. The van der Waals surface area contributed by atoms with E-state index in [4.69, 9.17) is 0 Å². The lowest BCUT2D eigenvalue weighted by atomic mass is 9.93. The molecule has 0 saturated carbocycles. The van der Waals surface area contributed by atoms with Gasteiger partial charge in [0.15, 0.2) is 0 Å². The molecule has 0 radical (unpaired) electrons. The maximum Gasteiger partial charge on any atom is -0.0202 e. The zero-order chi connectivity index (χ0) is 12.9.